The maximum Gasteiger partial charge on any atom is 0.338 e. The monoisotopic (exact) mass is 346 g/mol. The lowest BCUT2D eigenvalue weighted by atomic mass is 9.78. The normalized spacial score (nSPS) is 24.3. The summed E-state index contributed by atoms with van der Waals surface area (Å²) in [6, 6.07) is 7.35. The molecule has 5 heteroatoms. The third-order valence-corrected chi connectivity index (χ3v) is 5.29. The van der Waals surface area contributed by atoms with Crippen LogP contribution in [0.15, 0.2) is 24.3 Å². The van der Waals surface area contributed by atoms with E-state index in [9.17, 15) is 9.59 Å². The zero-order chi connectivity index (χ0) is 18.6. The van der Waals surface area contributed by atoms with Crippen molar-refractivity contribution in [3.63, 3.8) is 0 Å². The van der Waals surface area contributed by atoms with Crippen molar-refractivity contribution in [2.75, 3.05) is 19.0 Å². The van der Waals surface area contributed by atoms with Crippen molar-refractivity contribution in [2.45, 2.75) is 52.2 Å². The predicted molar refractivity (Wildman–Crippen MR) is 99.8 cm³/mol. The molecule has 5 nitrogen and oxygen atoms in total. The maximum atomic E-state index is 12.4. The van der Waals surface area contributed by atoms with E-state index < -0.39 is 12.1 Å². The van der Waals surface area contributed by atoms with E-state index in [1.54, 1.807) is 19.1 Å². The fourth-order valence-corrected chi connectivity index (χ4v) is 3.28. The number of amides is 1. The number of carbonyl (C=O) groups excluding carboxylic acids is 2. The van der Waals surface area contributed by atoms with Gasteiger partial charge in [0.15, 0.2) is 6.10 Å². The van der Waals surface area contributed by atoms with Gasteiger partial charge in [-0.15, -0.1) is 0 Å². The Morgan fingerprint density at radius 1 is 1.24 bits per heavy atom. The molecule has 2 rings (SSSR count). The van der Waals surface area contributed by atoms with Gasteiger partial charge in [0.05, 0.1) is 5.56 Å². The highest BCUT2D eigenvalue weighted by atomic mass is 16.5. The molecule has 1 saturated carbocycles. The van der Waals surface area contributed by atoms with E-state index in [0.29, 0.717) is 17.4 Å². The molecule has 0 saturated heterocycles. The second-order valence-electron chi connectivity index (χ2n) is 7.37. The Balaban J connectivity index is 1.94. The lowest BCUT2D eigenvalue weighted by Gasteiger charge is -2.35. The van der Waals surface area contributed by atoms with Gasteiger partial charge in [0, 0.05) is 25.8 Å². The van der Waals surface area contributed by atoms with Gasteiger partial charge in [-0.25, -0.2) is 4.79 Å². The van der Waals surface area contributed by atoms with E-state index in [1.165, 1.54) is 6.42 Å². The number of rotatable bonds is 5. The van der Waals surface area contributed by atoms with Crippen molar-refractivity contribution in [3.05, 3.63) is 29.8 Å². The van der Waals surface area contributed by atoms with Gasteiger partial charge in [-0.05, 0) is 43.4 Å². The standard InChI is InChI=1S/C20H30N2O3/c1-13-8-6-11-18(14(13)2)21-19(23)15(3)25-20(24)16-9-7-10-17(12-16)22(4)5/h7,9-10,12-15,18H,6,8,11H2,1-5H3,(H,21,23)/t13-,14+,15+,18+/m0/s1. The number of carbonyl (C=O) groups is 2. The number of ether oxygens (including phenoxy) is 1. The second kappa shape index (κ2) is 8.37. The highest BCUT2D eigenvalue weighted by molar-refractivity contribution is 5.93. The SMILES string of the molecule is C[C@@H]1[C@@H](C)CCC[C@H]1NC(=O)[C@@H](C)OC(=O)c1cccc(N(C)C)c1. The van der Waals surface area contributed by atoms with E-state index in [2.05, 4.69) is 19.2 Å². The molecule has 0 unspecified atom stereocenters. The molecule has 1 aliphatic rings. The first-order chi connectivity index (χ1) is 11.8. The summed E-state index contributed by atoms with van der Waals surface area (Å²) >= 11 is 0. The first-order valence-corrected chi connectivity index (χ1v) is 9.08. The average molecular weight is 346 g/mol. The van der Waals surface area contributed by atoms with Gasteiger partial charge in [0.25, 0.3) is 5.91 Å². The van der Waals surface area contributed by atoms with E-state index in [4.69, 9.17) is 4.74 Å². The first-order valence-electron chi connectivity index (χ1n) is 9.08. The molecule has 1 aromatic rings. The molecule has 0 aliphatic heterocycles. The van der Waals surface area contributed by atoms with Crippen LogP contribution in [-0.2, 0) is 9.53 Å². The molecule has 138 valence electrons. The van der Waals surface area contributed by atoms with E-state index in [1.807, 2.05) is 31.1 Å². The summed E-state index contributed by atoms with van der Waals surface area (Å²) in [7, 11) is 3.82. The molecule has 0 bridgehead atoms. The van der Waals surface area contributed by atoms with Crippen molar-refractivity contribution in [1.29, 1.82) is 0 Å². The maximum absolute atomic E-state index is 12.4. The smallest absolute Gasteiger partial charge is 0.338 e. The molecule has 1 aliphatic carbocycles. The van der Waals surface area contributed by atoms with Crippen molar-refractivity contribution in [2.24, 2.45) is 11.8 Å². The number of anilines is 1. The van der Waals surface area contributed by atoms with Gasteiger partial charge in [0.2, 0.25) is 0 Å². The zero-order valence-corrected chi connectivity index (χ0v) is 15.9. The van der Waals surface area contributed by atoms with Crippen molar-refractivity contribution >= 4 is 17.6 Å². The molecular formula is C20H30N2O3. The molecular weight excluding hydrogens is 316 g/mol. The third-order valence-electron chi connectivity index (χ3n) is 5.29. The molecule has 1 N–H and O–H groups in total. The molecule has 1 amide bonds. The van der Waals surface area contributed by atoms with Crippen LogP contribution >= 0.6 is 0 Å². The summed E-state index contributed by atoms with van der Waals surface area (Å²) in [5.74, 6) is 0.350. The van der Waals surface area contributed by atoms with E-state index in [0.717, 1.165) is 18.5 Å². The van der Waals surface area contributed by atoms with Crippen LogP contribution in [0.5, 0.6) is 0 Å². The second-order valence-corrected chi connectivity index (χ2v) is 7.37. The lowest BCUT2D eigenvalue weighted by Crippen LogP contribution is -2.47. The highest BCUT2D eigenvalue weighted by Gasteiger charge is 2.30. The molecule has 4 atom stereocenters. The number of esters is 1. The molecule has 0 aromatic heterocycles. The summed E-state index contributed by atoms with van der Waals surface area (Å²) in [4.78, 5) is 26.6. The minimum Gasteiger partial charge on any atom is -0.449 e. The molecule has 0 heterocycles. The van der Waals surface area contributed by atoms with Crippen molar-refractivity contribution in [3.8, 4) is 0 Å². The van der Waals surface area contributed by atoms with Crippen molar-refractivity contribution < 1.29 is 14.3 Å². The van der Waals surface area contributed by atoms with E-state index in [-0.39, 0.29) is 11.9 Å². The zero-order valence-electron chi connectivity index (χ0n) is 15.9. The summed E-state index contributed by atoms with van der Waals surface area (Å²) < 4.78 is 5.37. The fraction of sp³-hybridized carbons (Fsp3) is 0.600. The van der Waals surface area contributed by atoms with Crippen molar-refractivity contribution in [1.82, 2.24) is 5.32 Å². The lowest BCUT2D eigenvalue weighted by molar-refractivity contribution is -0.130. The number of hydrogen-bond donors (Lipinski definition) is 1. The molecule has 0 radical (unpaired) electrons. The van der Waals surface area contributed by atoms with Crippen LogP contribution in [0.1, 0.15) is 50.4 Å². The molecule has 1 fully saturated rings. The number of hydrogen-bond acceptors (Lipinski definition) is 4. The average Bonchev–Trinajstić information content (AvgIpc) is 2.58. The van der Waals surface area contributed by atoms with Gasteiger partial charge in [-0.1, -0.05) is 32.8 Å². The van der Waals surface area contributed by atoms with Crippen LogP contribution in [-0.4, -0.2) is 38.1 Å². The van der Waals surface area contributed by atoms with E-state index >= 15 is 0 Å². The van der Waals surface area contributed by atoms with Crippen LogP contribution in [0.3, 0.4) is 0 Å². The summed E-state index contributed by atoms with van der Waals surface area (Å²) in [6.45, 7) is 6.03. The van der Waals surface area contributed by atoms with Crippen LogP contribution in [0.2, 0.25) is 0 Å². The fourth-order valence-electron chi connectivity index (χ4n) is 3.28. The first kappa shape index (κ1) is 19.3. The molecule has 1 aromatic carbocycles. The summed E-state index contributed by atoms with van der Waals surface area (Å²) in [6.07, 6.45) is 2.52. The Hall–Kier alpha value is -2.04. The Kier molecular flexibility index (Phi) is 6.45. The van der Waals surface area contributed by atoms with Gasteiger partial charge < -0.3 is 15.0 Å². The largest absolute Gasteiger partial charge is 0.449 e. The number of nitrogens with zero attached hydrogens (tertiary/aromatic N) is 1. The van der Waals surface area contributed by atoms with Crippen LogP contribution in [0.4, 0.5) is 5.69 Å². The van der Waals surface area contributed by atoms with Gasteiger partial charge in [-0.3, -0.25) is 4.79 Å². The Labute approximate surface area is 150 Å². The quantitative estimate of drug-likeness (QED) is 0.832. The highest BCUT2D eigenvalue weighted by Crippen LogP contribution is 2.29. The van der Waals surface area contributed by atoms with Crippen LogP contribution in [0, 0.1) is 11.8 Å². The minimum absolute atomic E-state index is 0.162. The van der Waals surface area contributed by atoms with Gasteiger partial charge in [-0.2, -0.15) is 0 Å². The van der Waals surface area contributed by atoms with Crippen LogP contribution in [0.25, 0.3) is 0 Å². The Bertz CT molecular complexity index is 615. The van der Waals surface area contributed by atoms with Gasteiger partial charge in [0.1, 0.15) is 0 Å². The number of benzene rings is 1. The topological polar surface area (TPSA) is 58.6 Å². The molecule has 0 spiro atoms. The third kappa shape index (κ3) is 4.97. The summed E-state index contributed by atoms with van der Waals surface area (Å²) in [5.41, 5.74) is 1.36. The van der Waals surface area contributed by atoms with Gasteiger partial charge >= 0.3 is 5.97 Å². The Morgan fingerprint density at radius 2 is 1.96 bits per heavy atom. The predicted octanol–water partition coefficient (Wildman–Crippen LogP) is 3.24. The Morgan fingerprint density at radius 3 is 2.64 bits per heavy atom. The molecule has 25 heavy (non-hydrogen) atoms. The number of nitrogens with one attached hydrogen (secondary N) is 1. The summed E-state index contributed by atoms with van der Waals surface area (Å²) in [5, 5.41) is 3.06. The van der Waals surface area contributed by atoms with Crippen LogP contribution < -0.4 is 10.2 Å². The minimum atomic E-state index is -0.806.